The number of hydrazine groups is 1. The number of rotatable bonds is 8. The van der Waals surface area contributed by atoms with Gasteiger partial charge in [-0.05, 0) is 6.07 Å². The van der Waals surface area contributed by atoms with Crippen LogP contribution in [0.5, 0.6) is 0 Å². The number of hydrogen-bond acceptors (Lipinski definition) is 8. The summed E-state index contributed by atoms with van der Waals surface area (Å²) < 4.78 is 25.7. The van der Waals surface area contributed by atoms with Gasteiger partial charge in [0.2, 0.25) is 10.0 Å². The number of hydrogen-bond donors (Lipinski definition) is 4. The van der Waals surface area contributed by atoms with Gasteiger partial charge in [0.15, 0.2) is 0 Å². The van der Waals surface area contributed by atoms with Crippen LogP contribution in [0, 0.1) is 10.1 Å². The van der Waals surface area contributed by atoms with E-state index in [0.717, 1.165) is 22.5 Å². The van der Waals surface area contributed by atoms with Gasteiger partial charge in [0.1, 0.15) is 4.90 Å². The average molecular weight is 320 g/mol. The Morgan fingerprint density at radius 2 is 1.86 bits per heavy atom. The maximum atomic E-state index is 12.4. The van der Waals surface area contributed by atoms with Crippen LogP contribution in [0.1, 0.15) is 0 Å². The molecule has 1 aromatic rings. The van der Waals surface area contributed by atoms with Crippen molar-refractivity contribution >= 4 is 21.4 Å². The number of nitrogens with two attached hydrogens (primary N) is 1. The first kappa shape index (κ1) is 17.3. The smallest absolute Gasteiger partial charge is 0.271 e. The molecule has 0 aromatic heterocycles. The number of benzene rings is 1. The predicted molar refractivity (Wildman–Crippen MR) is 73.8 cm³/mol. The molecule has 0 unspecified atom stereocenters. The molecule has 0 spiro atoms. The van der Waals surface area contributed by atoms with Crippen LogP contribution in [0.25, 0.3) is 0 Å². The maximum absolute atomic E-state index is 12.4. The van der Waals surface area contributed by atoms with E-state index in [2.05, 4.69) is 5.43 Å². The third kappa shape index (κ3) is 3.86. The molecule has 1 aromatic carbocycles. The lowest BCUT2D eigenvalue weighted by Gasteiger charge is -2.21. The largest absolute Gasteiger partial charge is 0.395 e. The summed E-state index contributed by atoms with van der Waals surface area (Å²) in [6.07, 6.45) is 0. The van der Waals surface area contributed by atoms with Crippen LogP contribution in [-0.4, -0.2) is 54.2 Å². The van der Waals surface area contributed by atoms with Gasteiger partial charge in [0, 0.05) is 25.2 Å². The molecule has 11 heteroatoms. The van der Waals surface area contributed by atoms with Crippen LogP contribution in [0.4, 0.5) is 11.4 Å². The van der Waals surface area contributed by atoms with Gasteiger partial charge in [-0.15, -0.1) is 0 Å². The number of anilines is 1. The number of nitrogens with one attached hydrogen (secondary N) is 1. The lowest BCUT2D eigenvalue weighted by Crippen LogP contribution is -2.36. The number of sulfonamides is 1. The zero-order valence-electron chi connectivity index (χ0n) is 11.0. The minimum absolute atomic E-state index is 0.148. The minimum atomic E-state index is -4.06. The lowest BCUT2D eigenvalue weighted by atomic mass is 10.3. The number of aliphatic hydroxyl groups excluding tert-OH is 2. The summed E-state index contributed by atoms with van der Waals surface area (Å²) in [6, 6.07) is 3.07. The van der Waals surface area contributed by atoms with Gasteiger partial charge in [-0.1, -0.05) is 0 Å². The molecule has 5 N–H and O–H groups in total. The van der Waals surface area contributed by atoms with E-state index in [9.17, 15) is 18.5 Å². The fourth-order valence-electron chi connectivity index (χ4n) is 1.68. The standard InChI is InChI=1S/C10H16N4O6S/c11-12-9-7-8(14(17)18)1-2-10(9)21(19,20)13(3-5-15)4-6-16/h1-2,7,12,15-16H,3-6,11H2. The number of nitro groups is 1. The summed E-state index contributed by atoms with van der Waals surface area (Å²) in [5.74, 6) is 5.21. The molecule has 118 valence electrons. The average Bonchev–Trinajstić information content (AvgIpc) is 2.46. The summed E-state index contributed by atoms with van der Waals surface area (Å²) in [5, 5.41) is 28.5. The zero-order valence-corrected chi connectivity index (χ0v) is 11.8. The Morgan fingerprint density at radius 1 is 1.29 bits per heavy atom. The van der Waals surface area contributed by atoms with E-state index in [1.54, 1.807) is 0 Å². The van der Waals surface area contributed by atoms with Crippen LogP contribution in [-0.2, 0) is 10.0 Å². The molecule has 10 nitrogen and oxygen atoms in total. The first-order valence-electron chi connectivity index (χ1n) is 5.85. The second-order valence-corrected chi connectivity index (χ2v) is 5.84. The molecule has 0 heterocycles. The Morgan fingerprint density at radius 3 is 2.29 bits per heavy atom. The molecule has 0 radical (unpaired) electrons. The van der Waals surface area contributed by atoms with Gasteiger partial charge in [-0.25, -0.2) is 8.42 Å². The van der Waals surface area contributed by atoms with Crippen molar-refractivity contribution in [2.24, 2.45) is 5.84 Å². The van der Waals surface area contributed by atoms with E-state index < -0.39 is 28.2 Å². The van der Waals surface area contributed by atoms with E-state index in [-0.39, 0.29) is 29.4 Å². The molecule has 0 fully saturated rings. The molecule has 0 amide bonds. The fourth-order valence-corrected chi connectivity index (χ4v) is 3.24. The summed E-state index contributed by atoms with van der Waals surface area (Å²) >= 11 is 0. The molecule has 0 aliphatic heterocycles. The minimum Gasteiger partial charge on any atom is -0.395 e. The van der Waals surface area contributed by atoms with Gasteiger partial charge in [0.05, 0.1) is 23.8 Å². The quantitative estimate of drug-likeness (QED) is 0.265. The number of non-ortho nitro benzene ring substituents is 1. The molecule has 0 saturated carbocycles. The van der Waals surface area contributed by atoms with E-state index in [1.165, 1.54) is 0 Å². The van der Waals surface area contributed by atoms with Crippen molar-refractivity contribution in [2.45, 2.75) is 4.90 Å². The molecule has 0 bridgehead atoms. The van der Waals surface area contributed by atoms with Crippen molar-refractivity contribution in [1.82, 2.24) is 4.31 Å². The zero-order chi connectivity index (χ0) is 16.0. The summed E-state index contributed by atoms with van der Waals surface area (Å²) in [7, 11) is -4.06. The van der Waals surface area contributed by atoms with Crippen molar-refractivity contribution in [3.05, 3.63) is 28.3 Å². The molecular weight excluding hydrogens is 304 g/mol. The molecule has 21 heavy (non-hydrogen) atoms. The van der Waals surface area contributed by atoms with E-state index in [0.29, 0.717) is 0 Å². The lowest BCUT2D eigenvalue weighted by molar-refractivity contribution is -0.384. The molecular formula is C10H16N4O6S. The Kier molecular flexibility index (Phi) is 5.99. The van der Waals surface area contributed by atoms with Crippen LogP contribution in [0.2, 0.25) is 0 Å². The number of nitro benzene ring substituents is 1. The summed E-state index contributed by atoms with van der Waals surface area (Å²) in [4.78, 5) is 9.72. The van der Waals surface area contributed by atoms with Gasteiger partial charge in [-0.3, -0.25) is 16.0 Å². The van der Waals surface area contributed by atoms with Crippen LogP contribution in [0.15, 0.2) is 23.1 Å². The first-order valence-corrected chi connectivity index (χ1v) is 7.29. The highest BCUT2D eigenvalue weighted by Crippen LogP contribution is 2.28. The van der Waals surface area contributed by atoms with Gasteiger partial charge in [-0.2, -0.15) is 4.31 Å². The van der Waals surface area contributed by atoms with Gasteiger partial charge >= 0.3 is 0 Å². The monoisotopic (exact) mass is 320 g/mol. The SMILES string of the molecule is NNc1cc([N+](=O)[O-])ccc1S(=O)(=O)N(CCO)CCO. The van der Waals surface area contributed by atoms with Crippen LogP contribution < -0.4 is 11.3 Å². The van der Waals surface area contributed by atoms with Crippen LogP contribution >= 0.6 is 0 Å². The number of aliphatic hydroxyl groups is 2. The number of nitrogens with zero attached hydrogens (tertiary/aromatic N) is 2. The number of nitrogen functional groups attached to an aromatic ring is 1. The van der Waals surface area contributed by atoms with Crippen molar-refractivity contribution in [1.29, 1.82) is 0 Å². The second-order valence-electron chi connectivity index (χ2n) is 3.93. The second kappa shape index (κ2) is 7.28. The maximum Gasteiger partial charge on any atom is 0.271 e. The highest BCUT2D eigenvalue weighted by molar-refractivity contribution is 7.89. The van der Waals surface area contributed by atoms with Crippen molar-refractivity contribution in [2.75, 3.05) is 31.7 Å². The summed E-state index contributed by atoms with van der Waals surface area (Å²) in [5.41, 5.74) is 1.63. The molecule has 0 saturated heterocycles. The van der Waals surface area contributed by atoms with Gasteiger partial charge in [0.25, 0.3) is 5.69 Å². The Labute approximate surface area is 121 Å². The van der Waals surface area contributed by atoms with Crippen molar-refractivity contribution in [3.63, 3.8) is 0 Å². The normalized spacial score (nSPS) is 11.6. The highest BCUT2D eigenvalue weighted by Gasteiger charge is 2.27. The van der Waals surface area contributed by atoms with E-state index in [1.807, 2.05) is 0 Å². The van der Waals surface area contributed by atoms with Crippen molar-refractivity contribution in [3.8, 4) is 0 Å². The molecule has 0 atom stereocenters. The molecule has 0 aliphatic carbocycles. The molecule has 1 rings (SSSR count). The highest BCUT2D eigenvalue weighted by atomic mass is 32.2. The van der Waals surface area contributed by atoms with Crippen LogP contribution in [0.3, 0.4) is 0 Å². The van der Waals surface area contributed by atoms with E-state index in [4.69, 9.17) is 16.1 Å². The van der Waals surface area contributed by atoms with E-state index >= 15 is 0 Å². The predicted octanol–water partition coefficient (Wildman–Crippen LogP) is -1.14. The summed E-state index contributed by atoms with van der Waals surface area (Å²) in [6.45, 7) is -1.30. The first-order chi connectivity index (χ1) is 9.88. The topological polar surface area (TPSA) is 159 Å². The Hall–Kier alpha value is -1.79. The molecule has 0 aliphatic rings. The van der Waals surface area contributed by atoms with Gasteiger partial charge < -0.3 is 15.6 Å². The third-order valence-corrected chi connectivity index (χ3v) is 4.60. The van der Waals surface area contributed by atoms with Crippen molar-refractivity contribution < 1.29 is 23.6 Å². The Bertz CT molecular complexity index is 600. The third-order valence-electron chi connectivity index (χ3n) is 2.65. The Balaban J connectivity index is 3.32. The fraction of sp³-hybridized carbons (Fsp3) is 0.400.